The van der Waals surface area contributed by atoms with Crippen LogP contribution in [0.25, 0.3) is 0 Å². The fraction of sp³-hybridized carbons (Fsp3) is 0.316. The molecular formula is C19H18N6O8S3. The van der Waals surface area contributed by atoms with Gasteiger partial charge < -0.3 is 24.8 Å². The van der Waals surface area contributed by atoms with Gasteiger partial charge in [-0.3, -0.25) is 24.4 Å². The predicted molar refractivity (Wildman–Crippen MR) is 127 cm³/mol. The number of hydrogen-bond acceptors (Lipinski definition) is 12. The number of nitrogens with zero attached hydrogens (tertiary/aromatic N) is 4. The fourth-order valence-corrected chi connectivity index (χ4v) is 6.21. The minimum Gasteiger partial charge on any atom is -0.481 e. The maximum Gasteiger partial charge on any atom is 0.352 e. The topological polar surface area (TPSA) is 200 Å². The number of carbonyl (C=O) groups is 4. The molecule has 4 N–H and O–H groups in total. The maximum absolute atomic E-state index is 12.9. The molecule has 0 saturated carbocycles. The van der Waals surface area contributed by atoms with Crippen LogP contribution >= 0.6 is 35.3 Å². The molecule has 14 nitrogen and oxygen atoms in total. The van der Waals surface area contributed by atoms with Crippen LogP contribution in [0, 0.1) is 0 Å². The molecule has 1 saturated heterocycles. The normalized spacial score (nSPS) is 19.5. The molecule has 1 fully saturated rings. The number of β-lactam (4-membered cyclic amide) rings is 1. The molecule has 0 radical (unpaired) electrons. The molecule has 0 bridgehead atoms. The molecule has 2 atom stereocenters. The van der Waals surface area contributed by atoms with E-state index in [4.69, 9.17) is 14.4 Å². The van der Waals surface area contributed by atoms with E-state index in [1.165, 1.54) is 31.2 Å². The van der Waals surface area contributed by atoms with Gasteiger partial charge in [-0.2, -0.15) is 4.98 Å². The molecule has 0 aromatic carbocycles. The molecule has 1 unspecified atom stereocenters. The Morgan fingerprint density at radius 2 is 2.19 bits per heavy atom. The first-order valence-corrected chi connectivity index (χ1v) is 13.1. The smallest absolute Gasteiger partial charge is 0.352 e. The third kappa shape index (κ3) is 5.36. The standard InChI is InChI=1S/C19H18N6O8S3/c1-32-24-11(9-3-2-4-33-9)14(28)20-12-15(29)25-13(17(30)31)8(5-34-16(12)25)6-35-18-21-19(23-22-18)36-7-10(26)27/h2-4,12,16H,5-7H2,1H3,(H,20,28)(H,26,27)(H,30,31)(H,21,22,23)/b24-11-/t12?,16-/m1/s1. The summed E-state index contributed by atoms with van der Waals surface area (Å²) in [6.45, 7) is 0. The number of aromatic nitrogens is 3. The van der Waals surface area contributed by atoms with Crippen LogP contribution in [0.3, 0.4) is 0 Å². The molecule has 2 amide bonds. The van der Waals surface area contributed by atoms with E-state index in [2.05, 4.69) is 25.7 Å². The summed E-state index contributed by atoms with van der Waals surface area (Å²) in [5, 5.41) is 31.5. The summed E-state index contributed by atoms with van der Waals surface area (Å²) in [7, 11) is 1.27. The Morgan fingerprint density at radius 1 is 1.39 bits per heavy atom. The predicted octanol–water partition coefficient (Wildman–Crippen LogP) is 0.456. The molecule has 36 heavy (non-hydrogen) atoms. The summed E-state index contributed by atoms with van der Waals surface area (Å²) in [5.41, 5.74) is 0.191. The minimum atomic E-state index is -1.26. The molecule has 2 aliphatic rings. The SMILES string of the molecule is CO/N=C(\C(=O)NC1C(=O)N2C(C(=O)O)=C(CSc3n[nH]c(SCC(=O)O)n3)CS[C@H]12)c1ccco1. The lowest BCUT2D eigenvalue weighted by molar-refractivity contribution is -0.150. The van der Waals surface area contributed by atoms with Crippen molar-refractivity contribution in [3.8, 4) is 0 Å². The number of fused-ring (bicyclic) bond motifs is 1. The molecule has 2 aromatic rings. The van der Waals surface area contributed by atoms with Gasteiger partial charge in [-0.1, -0.05) is 28.7 Å². The fourth-order valence-electron chi connectivity index (χ4n) is 3.35. The summed E-state index contributed by atoms with van der Waals surface area (Å²) in [5.74, 6) is -3.05. The van der Waals surface area contributed by atoms with Crippen LogP contribution in [0.1, 0.15) is 5.76 Å². The lowest BCUT2D eigenvalue weighted by atomic mass is 10.0. The van der Waals surface area contributed by atoms with Gasteiger partial charge >= 0.3 is 11.9 Å². The third-order valence-electron chi connectivity index (χ3n) is 4.84. The van der Waals surface area contributed by atoms with Crippen LogP contribution in [0.2, 0.25) is 0 Å². The van der Waals surface area contributed by atoms with Crippen molar-refractivity contribution in [1.29, 1.82) is 0 Å². The van der Waals surface area contributed by atoms with Crippen molar-refractivity contribution < 1.29 is 38.6 Å². The van der Waals surface area contributed by atoms with E-state index in [1.807, 2.05) is 0 Å². The van der Waals surface area contributed by atoms with Crippen LogP contribution in [0.15, 0.2) is 49.6 Å². The average molecular weight is 555 g/mol. The molecule has 0 aliphatic carbocycles. The number of thioether (sulfide) groups is 3. The van der Waals surface area contributed by atoms with Crippen molar-refractivity contribution in [2.75, 3.05) is 24.4 Å². The minimum absolute atomic E-state index is 0.144. The maximum atomic E-state index is 12.9. The van der Waals surface area contributed by atoms with E-state index in [-0.39, 0.29) is 28.7 Å². The van der Waals surface area contributed by atoms with Gasteiger partial charge in [0.25, 0.3) is 11.8 Å². The Kier molecular flexibility index (Phi) is 7.90. The first-order chi connectivity index (χ1) is 17.3. The van der Waals surface area contributed by atoms with E-state index >= 15 is 0 Å². The quantitative estimate of drug-likeness (QED) is 0.129. The number of aliphatic carboxylic acids is 2. The zero-order valence-corrected chi connectivity index (χ0v) is 20.8. The molecule has 4 heterocycles. The Bertz CT molecular complexity index is 1240. The Hall–Kier alpha value is -3.44. The number of hydrogen-bond donors (Lipinski definition) is 4. The number of nitrogens with one attached hydrogen (secondary N) is 2. The van der Waals surface area contributed by atoms with E-state index in [1.54, 1.807) is 6.07 Å². The molecule has 17 heteroatoms. The second kappa shape index (κ2) is 11.1. The number of aromatic amines is 1. The number of carbonyl (C=O) groups excluding carboxylic acids is 2. The largest absolute Gasteiger partial charge is 0.481 e. The van der Waals surface area contributed by atoms with E-state index in [0.29, 0.717) is 21.6 Å². The molecule has 0 spiro atoms. The number of rotatable bonds is 11. The van der Waals surface area contributed by atoms with Crippen LogP contribution in [0.5, 0.6) is 0 Å². The van der Waals surface area contributed by atoms with Crippen molar-refractivity contribution in [2.24, 2.45) is 5.16 Å². The van der Waals surface area contributed by atoms with Crippen molar-refractivity contribution in [2.45, 2.75) is 21.7 Å². The third-order valence-corrected chi connectivity index (χ3v) is 7.96. The van der Waals surface area contributed by atoms with Gasteiger partial charge in [0.15, 0.2) is 10.9 Å². The number of furan rings is 1. The molecule has 2 aromatic heterocycles. The Balaban J connectivity index is 1.43. The first-order valence-electron chi connectivity index (χ1n) is 10.1. The summed E-state index contributed by atoms with van der Waals surface area (Å²) in [6.07, 6.45) is 1.36. The number of carboxylic acids is 2. The van der Waals surface area contributed by atoms with Crippen LogP contribution in [-0.4, -0.2) is 95.5 Å². The van der Waals surface area contributed by atoms with Gasteiger partial charge in [0.1, 0.15) is 24.2 Å². The average Bonchev–Trinajstić information content (AvgIpc) is 3.54. The molecular weight excluding hydrogens is 536 g/mol. The van der Waals surface area contributed by atoms with Gasteiger partial charge in [0.05, 0.1) is 12.0 Å². The van der Waals surface area contributed by atoms with Gasteiger partial charge in [0, 0.05) is 11.5 Å². The van der Waals surface area contributed by atoms with Crippen molar-refractivity contribution >= 4 is 64.8 Å². The molecule has 2 aliphatic heterocycles. The second-order valence-electron chi connectivity index (χ2n) is 7.11. The first kappa shape index (κ1) is 25.6. The highest BCUT2D eigenvalue weighted by Gasteiger charge is 2.54. The van der Waals surface area contributed by atoms with Gasteiger partial charge in [-0.15, -0.1) is 16.9 Å². The lowest BCUT2D eigenvalue weighted by Gasteiger charge is -2.49. The zero-order chi connectivity index (χ0) is 25.8. The van der Waals surface area contributed by atoms with Crippen LogP contribution in [0.4, 0.5) is 0 Å². The monoisotopic (exact) mass is 554 g/mol. The van der Waals surface area contributed by atoms with Gasteiger partial charge in [-0.05, 0) is 17.7 Å². The summed E-state index contributed by atoms with van der Waals surface area (Å²) < 4.78 is 5.19. The van der Waals surface area contributed by atoms with Crippen molar-refractivity contribution in [3.05, 3.63) is 35.4 Å². The highest BCUT2D eigenvalue weighted by Crippen LogP contribution is 2.41. The van der Waals surface area contributed by atoms with E-state index < -0.39 is 35.2 Å². The van der Waals surface area contributed by atoms with Crippen molar-refractivity contribution in [3.63, 3.8) is 0 Å². The van der Waals surface area contributed by atoms with E-state index in [0.717, 1.165) is 28.4 Å². The Labute approximate surface area is 215 Å². The molecule has 4 rings (SSSR count). The van der Waals surface area contributed by atoms with E-state index in [9.17, 15) is 24.3 Å². The summed E-state index contributed by atoms with van der Waals surface area (Å²) in [4.78, 5) is 58.4. The van der Waals surface area contributed by atoms with Crippen LogP contribution < -0.4 is 5.32 Å². The molecule has 190 valence electrons. The van der Waals surface area contributed by atoms with Crippen LogP contribution in [-0.2, 0) is 24.0 Å². The number of amides is 2. The highest BCUT2D eigenvalue weighted by molar-refractivity contribution is 8.01. The highest BCUT2D eigenvalue weighted by atomic mass is 32.2. The van der Waals surface area contributed by atoms with Gasteiger partial charge in [-0.25, -0.2) is 4.79 Å². The zero-order valence-electron chi connectivity index (χ0n) is 18.4. The summed E-state index contributed by atoms with van der Waals surface area (Å²) >= 11 is 3.44. The number of oxime groups is 1. The van der Waals surface area contributed by atoms with Gasteiger partial charge in [0.2, 0.25) is 10.9 Å². The Morgan fingerprint density at radius 3 is 2.86 bits per heavy atom. The lowest BCUT2D eigenvalue weighted by Crippen LogP contribution is -2.71. The number of H-pyrrole nitrogens is 1. The number of carboxylic acid groups (broad SMARTS) is 2. The summed E-state index contributed by atoms with van der Waals surface area (Å²) in [6, 6.07) is 2.13. The van der Waals surface area contributed by atoms with Crippen molar-refractivity contribution in [1.82, 2.24) is 25.4 Å². The second-order valence-corrected chi connectivity index (χ2v) is 10.1.